The van der Waals surface area contributed by atoms with Crippen LogP contribution in [-0.2, 0) is 11.5 Å². The van der Waals surface area contributed by atoms with Gasteiger partial charge < -0.3 is 4.90 Å². The van der Waals surface area contributed by atoms with E-state index in [9.17, 15) is 5.11 Å². The van der Waals surface area contributed by atoms with E-state index in [1.54, 1.807) is 23.5 Å². The van der Waals surface area contributed by atoms with Gasteiger partial charge in [-0.1, -0.05) is 43.2 Å². The fourth-order valence-electron chi connectivity index (χ4n) is 4.03. The number of benzene rings is 2. The van der Waals surface area contributed by atoms with Crippen LogP contribution in [0.2, 0.25) is 0 Å². The smallest absolute Gasteiger partial charge is 0.182 e. The van der Waals surface area contributed by atoms with Gasteiger partial charge in [0.25, 0.3) is 0 Å². The van der Waals surface area contributed by atoms with Crippen molar-refractivity contribution in [3.8, 4) is 5.75 Å². The monoisotopic (exact) mass is 365 g/mol. The molecule has 1 aromatic heterocycles. The van der Waals surface area contributed by atoms with Crippen LogP contribution in [0.3, 0.4) is 0 Å². The lowest BCUT2D eigenvalue weighted by atomic mass is 9.90. The Morgan fingerprint density at radius 1 is 1.08 bits per heavy atom. The third kappa shape index (κ3) is 4.01. The van der Waals surface area contributed by atoms with Gasteiger partial charge in [0, 0.05) is 25.2 Å². The largest absolute Gasteiger partial charge is 0.370 e. The van der Waals surface area contributed by atoms with Gasteiger partial charge in [-0.15, -0.1) is 11.3 Å². The molecule has 2 heterocycles. The zero-order valence-corrected chi connectivity index (χ0v) is 15.9. The SMILES string of the molecule is [O]c1cc(N2CCC(CCCCc3ccccc3)CC2)c2ncsc2c1. The van der Waals surface area contributed by atoms with Crippen LogP contribution < -0.4 is 4.90 Å². The van der Waals surface area contributed by atoms with Gasteiger partial charge in [0.1, 0.15) is 5.52 Å². The predicted octanol–water partition coefficient (Wildman–Crippen LogP) is 6.07. The molecule has 4 rings (SSSR count). The van der Waals surface area contributed by atoms with Crippen LogP contribution in [0.15, 0.2) is 48.0 Å². The first-order valence-electron chi connectivity index (χ1n) is 9.63. The molecule has 4 heteroatoms. The summed E-state index contributed by atoms with van der Waals surface area (Å²) in [4.78, 5) is 6.85. The molecule has 0 saturated carbocycles. The van der Waals surface area contributed by atoms with Gasteiger partial charge in [0.2, 0.25) is 0 Å². The molecule has 0 amide bonds. The van der Waals surface area contributed by atoms with E-state index in [0.29, 0.717) is 0 Å². The van der Waals surface area contributed by atoms with E-state index in [2.05, 4.69) is 40.2 Å². The molecule has 0 spiro atoms. The minimum Gasteiger partial charge on any atom is -0.370 e. The Kier molecular flexibility index (Phi) is 5.40. The molecule has 0 unspecified atom stereocenters. The summed E-state index contributed by atoms with van der Waals surface area (Å²) in [6.07, 6.45) is 7.56. The van der Waals surface area contributed by atoms with E-state index in [1.165, 1.54) is 44.1 Å². The number of aromatic nitrogens is 1. The lowest BCUT2D eigenvalue weighted by molar-refractivity contribution is 0.354. The average molecular weight is 366 g/mol. The van der Waals surface area contributed by atoms with Crippen LogP contribution in [0.4, 0.5) is 5.69 Å². The van der Waals surface area contributed by atoms with Crippen LogP contribution in [0, 0.1) is 5.92 Å². The van der Waals surface area contributed by atoms with Gasteiger partial charge in [0.15, 0.2) is 5.75 Å². The number of nitrogens with zero attached hydrogens (tertiary/aromatic N) is 2. The summed E-state index contributed by atoms with van der Waals surface area (Å²) in [6.45, 7) is 2.08. The summed E-state index contributed by atoms with van der Waals surface area (Å²) in [5, 5.41) is 12.0. The molecule has 3 nitrogen and oxygen atoms in total. The lowest BCUT2D eigenvalue weighted by Gasteiger charge is -2.33. The molecule has 26 heavy (non-hydrogen) atoms. The molecule has 1 radical (unpaired) electrons. The zero-order valence-electron chi connectivity index (χ0n) is 15.1. The van der Waals surface area contributed by atoms with Crippen LogP contribution in [0.25, 0.3) is 10.2 Å². The number of anilines is 1. The number of rotatable bonds is 6. The quantitative estimate of drug-likeness (QED) is 0.497. The lowest BCUT2D eigenvalue weighted by Crippen LogP contribution is -2.33. The van der Waals surface area contributed by atoms with Crippen molar-refractivity contribution in [2.45, 2.75) is 38.5 Å². The maximum Gasteiger partial charge on any atom is 0.182 e. The normalized spacial score (nSPS) is 15.6. The molecule has 1 fully saturated rings. The number of piperidine rings is 1. The fraction of sp³-hybridized carbons (Fsp3) is 0.409. The zero-order chi connectivity index (χ0) is 17.8. The molecular weight excluding hydrogens is 340 g/mol. The Hall–Kier alpha value is -2.07. The summed E-state index contributed by atoms with van der Waals surface area (Å²) in [5.74, 6) is 0.920. The molecule has 0 atom stereocenters. The second-order valence-corrected chi connectivity index (χ2v) is 8.19. The van der Waals surface area contributed by atoms with Crippen molar-refractivity contribution in [1.29, 1.82) is 0 Å². The number of thiazole rings is 1. The van der Waals surface area contributed by atoms with Crippen molar-refractivity contribution in [3.63, 3.8) is 0 Å². The van der Waals surface area contributed by atoms with Crippen molar-refractivity contribution in [3.05, 3.63) is 53.5 Å². The van der Waals surface area contributed by atoms with Crippen LogP contribution in [-0.4, -0.2) is 18.1 Å². The number of hydrogen-bond acceptors (Lipinski definition) is 3. The number of aryl methyl sites for hydroxylation is 1. The van der Waals surface area contributed by atoms with Gasteiger partial charge in [-0.2, -0.15) is 0 Å². The van der Waals surface area contributed by atoms with Gasteiger partial charge in [-0.05, 0) is 37.2 Å². The van der Waals surface area contributed by atoms with Crippen molar-refractivity contribution in [1.82, 2.24) is 4.98 Å². The Labute approximate surface area is 159 Å². The van der Waals surface area contributed by atoms with Crippen LogP contribution in [0.5, 0.6) is 5.75 Å². The summed E-state index contributed by atoms with van der Waals surface area (Å²) in [7, 11) is 0. The topological polar surface area (TPSA) is 36.0 Å². The van der Waals surface area contributed by atoms with Crippen LogP contribution in [0.1, 0.15) is 37.7 Å². The average Bonchev–Trinajstić information content (AvgIpc) is 3.14. The predicted molar refractivity (Wildman–Crippen MR) is 109 cm³/mol. The first kappa shape index (κ1) is 17.3. The van der Waals surface area contributed by atoms with Crippen LogP contribution >= 0.6 is 11.3 Å². The molecule has 0 aliphatic carbocycles. The minimum absolute atomic E-state index is 0.0970. The molecular formula is C22H25N2OS. The van der Waals surface area contributed by atoms with E-state index in [1.807, 2.05) is 5.51 Å². The van der Waals surface area contributed by atoms with E-state index < -0.39 is 0 Å². The molecule has 0 N–H and O–H groups in total. The van der Waals surface area contributed by atoms with E-state index >= 15 is 0 Å². The summed E-state index contributed by atoms with van der Waals surface area (Å²) < 4.78 is 1.01. The Bertz CT molecular complexity index is 838. The maximum absolute atomic E-state index is 12.0. The molecule has 135 valence electrons. The first-order chi connectivity index (χ1) is 12.8. The number of hydrogen-bond donors (Lipinski definition) is 0. The fourth-order valence-corrected chi connectivity index (χ4v) is 4.76. The third-order valence-corrected chi connectivity index (χ3v) is 6.29. The van der Waals surface area contributed by atoms with Crippen molar-refractivity contribution in [2.24, 2.45) is 5.92 Å². The summed E-state index contributed by atoms with van der Waals surface area (Å²) in [6, 6.07) is 14.3. The second kappa shape index (κ2) is 8.09. The Balaban J connectivity index is 1.27. The standard InChI is InChI=1S/C22H25N2OS/c25-19-14-20(22-21(15-19)26-16-23-22)24-12-10-18(11-13-24)9-5-4-8-17-6-2-1-3-7-17/h1-3,6-7,14-16,18H,4-5,8-13H2. The molecule has 3 aromatic rings. The van der Waals surface area contributed by atoms with E-state index in [-0.39, 0.29) is 5.75 Å². The molecule has 0 bridgehead atoms. The van der Waals surface area contributed by atoms with Gasteiger partial charge in [0.05, 0.1) is 15.9 Å². The van der Waals surface area contributed by atoms with E-state index in [0.717, 1.165) is 34.9 Å². The Morgan fingerprint density at radius 3 is 2.69 bits per heavy atom. The van der Waals surface area contributed by atoms with Gasteiger partial charge in [-0.25, -0.2) is 4.98 Å². The second-order valence-electron chi connectivity index (χ2n) is 7.30. The van der Waals surface area contributed by atoms with Crippen molar-refractivity contribution >= 4 is 27.2 Å². The van der Waals surface area contributed by atoms with Crippen molar-refractivity contribution < 1.29 is 5.11 Å². The molecule has 2 aromatic carbocycles. The number of fused-ring (bicyclic) bond motifs is 1. The molecule has 1 aliphatic rings. The highest BCUT2D eigenvalue weighted by molar-refractivity contribution is 7.16. The molecule has 1 aliphatic heterocycles. The van der Waals surface area contributed by atoms with Gasteiger partial charge >= 0.3 is 0 Å². The summed E-state index contributed by atoms with van der Waals surface area (Å²) >= 11 is 1.55. The highest BCUT2D eigenvalue weighted by Crippen LogP contribution is 2.35. The number of unbranched alkanes of at least 4 members (excludes halogenated alkanes) is 1. The molecule has 1 saturated heterocycles. The first-order valence-corrected chi connectivity index (χ1v) is 10.5. The van der Waals surface area contributed by atoms with Crippen molar-refractivity contribution in [2.75, 3.05) is 18.0 Å². The highest BCUT2D eigenvalue weighted by Gasteiger charge is 2.22. The van der Waals surface area contributed by atoms with Gasteiger partial charge in [-0.3, -0.25) is 5.11 Å². The third-order valence-electron chi connectivity index (χ3n) is 5.52. The minimum atomic E-state index is 0.0970. The Morgan fingerprint density at radius 2 is 1.88 bits per heavy atom. The maximum atomic E-state index is 12.0. The highest BCUT2D eigenvalue weighted by atomic mass is 32.1. The van der Waals surface area contributed by atoms with E-state index in [4.69, 9.17) is 0 Å². The summed E-state index contributed by atoms with van der Waals surface area (Å²) in [5.41, 5.74) is 5.33.